The minimum absolute atomic E-state index is 0.220. The van der Waals surface area contributed by atoms with Crippen LogP contribution < -0.4 is 15.2 Å². The molecule has 0 aromatic heterocycles. The molecule has 0 fully saturated rings. The standard InChI is InChI=1S/C16H18FNO2/c1-12-10-15(6-7-16(12)17)20-9-3-8-19-14-5-2-4-13(18)11-14/h2,4-7,10-11H,3,8-9,18H2,1H3. The molecule has 0 unspecified atom stereocenters. The molecule has 3 nitrogen and oxygen atoms in total. The SMILES string of the molecule is Cc1cc(OCCCOc2cccc(N)c2)ccc1F. The summed E-state index contributed by atoms with van der Waals surface area (Å²) in [6, 6.07) is 12.0. The van der Waals surface area contributed by atoms with E-state index in [0.717, 1.165) is 12.2 Å². The van der Waals surface area contributed by atoms with Crippen LogP contribution in [0, 0.1) is 12.7 Å². The predicted octanol–water partition coefficient (Wildman–Crippen LogP) is 3.56. The summed E-state index contributed by atoms with van der Waals surface area (Å²) in [4.78, 5) is 0. The van der Waals surface area contributed by atoms with E-state index < -0.39 is 0 Å². The summed E-state index contributed by atoms with van der Waals surface area (Å²) in [7, 11) is 0. The average Bonchev–Trinajstić information content (AvgIpc) is 2.42. The van der Waals surface area contributed by atoms with E-state index in [9.17, 15) is 4.39 Å². The molecule has 0 aliphatic heterocycles. The van der Waals surface area contributed by atoms with Gasteiger partial charge in [-0.1, -0.05) is 6.07 Å². The number of hydrogen-bond acceptors (Lipinski definition) is 3. The largest absolute Gasteiger partial charge is 0.493 e. The van der Waals surface area contributed by atoms with Gasteiger partial charge in [-0.3, -0.25) is 0 Å². The lowest BCUT2D eigenvalue weighted by molar-refractivity contribution is 0.247. The van der Waals surface area contributed by atoms with Gasteiger partial charge in [0.05, 0.1) is 13.2 Å². The average molecular weight is 275 g/mol. The minimum atomic E-state index is -0.220. The highest BCUT2D eigenvalue weighted by Crippen LogP contribution is 2.17. The van der Waals surface area contributed by atoms with E-state index in [4.69, 9.17) is 15.2 Å². The zero-order valence-corrected chi connectivity index (χ0v) is 11.4. The van der Waals surface area contributed by atoms with E-state index in [2.05, 4.69) is 0 Å². The fraction of sp³-hybridized carbons (Fsp3) is 0.250. The number of anilines is 1. The van der Waals surface area contributed by atoms with Gasteiger partial charge in [-0.2, -0.15) is 0 Å². The Morgan fingerprint density at radius 3 is 2.35 bits per heavy atom. The third-order valence-corrected chi connectivity index (χ3v) is 2.81. The number of rotatable bonds is 6. The Morgan fingerprint density at radius 2 is 1.70 bits per heavy atom. The number of ether oxygens (including phenoxy) is 2. The van der Waals surface area contributed by atoms with Crippen molar-refractivity contribution in [3.8, 4) is 11.5 Å². The first-order valence-electron chi connectivity index (χ1n) is 6.52. The highest BCUT2D eigenvalue weighted by Gasteiger charge is 2.00. The zero-order chi connectivity index (χ0) is 14.4. The van der Waals surface area contributed by atoms with Gasteiger partial charge in [-0.25, -0.2) is 4.39 Å². The van der Waals surface area contributed by atoms with Crippen molar-refractivity contribution in [2.75, 3.05) is 18.9 Å². The van der Waals surface area contributed by atoms with Crippen LogP contribution in [0.5, 0.6) is 11.5 Å². The maximum atomic E-state index is 13.1. The summed E-state index contributed by atoms with van der Waals surface area (Å²) < 4.78 is 24.2. The number of nitrogen functional groups attached to an aromatic ring is 1. The van der Waals surface area contributed by atoms with E-state index in [1.807, 2.05) is 18.2 Å². The van der Waals surface area contributed by atoms with Crippen LogP contribution in [-0.4, -0.2) is 13.2 Å². The summed E-state index contributed by atoms with van der Waals surface area (Å²) in [5, 5.41) is 0. The molecule has 0 atom stereocenters. The summed E-state index contributed by atoms with van der Waals surface area (Å²) >= 11 is 0. The summed E-state index contributed by atoms with van der Waals surface area (Å²) in [5.41, 5.74) is 6.92. The summed E-state index contributed by atoms with van der Waals surface area (Å²) in [6.07, 6.45) is 0.741. The lowest BCUT2D eigenvalue weighted by Gasteiger charge is -2.09. The first-order valence-corrected chi connectivity index (χ1v) is 6.52. The molecule has 0 saturated heterocycles. The van der Waals surface area contributed by atoms with E-state index >= 15 is 0 Å². The van der Waals surface area contributed by atoms with Gasteiger partial charge in [0.15, 0.2) is 0 Å². The number of aryl methyl sites for hydroxylation is 1. The van der Waals surface area contributed by atoms with E-state index in [1.165, 1.54) is 6.07 Å². The molecule has 0 spiro atoms. The molecule has 20 heavy (non-hydrogen) atoms. The van der Waals surface area contributed by atoms with Gasteiger partial charge in [-0.15, -0.1) is 0 Å². The molecule has 106 valence electrons. The molecule has 0 amide bonds. The van der Waals surface area contributed by atoms with Crippen molar-refractivity contribution in [2.24, 2.45) is 0 Å². The van der Waals surface area contributed by atoms with E-state index in [1.54, 1.807) is 25.1 Å². The van der Waals surface area contributed by atoms with Gasteiger partial charge in [0.25, 0.3) is 0 Å². The van der Waals surface area contributed by atoms with Gasteiger partial charge < -0.3 is 15.2 Å². The number of benzene rings is 2. The van der Waals surface area contributed by atoms with Gasteiger partial charge in [0.2, 0.25) is 0 Å². The Labute approximate surface area is 118 Å². The second kappa shape index (κ2) is 6.80. The summed E-state index contributed by atoms with van der Waals surface area (Å²) in [6.45, 7) is 2.78. The molecule has 0 bridgehead atoms. The van der Waals surface area contributed by atoms with Crippen molar-refractivity contribution in [3.63, 3.8) is 0 Å². The Bertz CT molecular complexity index is 572. The lowest BCUT2D eigenvalue weighted by Crippen LogP contribution is -2.05. The molecular weight excluding hydrogens is 257 g/mol. The van der Waals surface area contributed by atoms with Crippen LogP contribution in [0.25, 0.3) is 0 Å². The third kappa shape index (κ3) is 4.16. The van der Waals surface area contributed by atoms with Crippen LogP contribution in [0.4, 0.5) is 10.1 Å². The van der Waals surface area contributed by atoms with Crippen LogP contribution in [0.3, 0.4) is 0 Å². The third-order valence-electron chi connectivity index (χ3n) is 2.81. The molecule has 4 heteroatoms. The van der Waals surface area contributed by atoms with Crippen LogP contribution in [-0.2, 0) is 0 Å². The highest BCUT2D eigenvalue weighted by atomic mass is 19.1. The number of nitrogens with two attached hydrogens (primary N) is 1. The fourth-order valence-corrected chi connectivity index (χ4v) is 1.75. The molecule has 0 heterocycles. The zero-order valence-electron chi connectivity index (χ0n) is 11.4. The molecule has 2 aromatic carbocycles. The first-order chi connectivity index (χ1) is 9.65. The van der Waals surface area contributed by atoms with Crippen molar-refractivity contribution in [1.29, 1.82) is 0 Å². The highest BCUT2D eigenvalue weighted by molar-refractivity contribution is 5.43. The Morgan fingerprint density at radius 1 is 1.00 bits per heavy atom. The molecule has 2 aromatic rings. The Kier molecular flexibility index (Phi) is 4.82. The lowest BCUT2D eigenvalue weighted by atomic mass is 10.2. The minimum Gasteiger partial charge on any atom is -0.493 e. The quantitative estimate of drug-likeness (QED) is 0.647. The number of hydrogen-bond donors (Lipinski definition) is 1. The van der Waals surface area contributed by atoms with Crippen molar-refractivity contribution >= 4 is 5.69 Å². The molecule has 0 radical (unpaired) electrons. The smallest absolute Gasteiger partial charge is 0.126 e. The number of halogens is 1. The monoisotopic (exact) mass is 275 g/mol. The molecular formula is C16H18FNO2. The Balaban J connectivity index is 1.70. The molecule has 0 saturated carbocycles. The second-order valence-electron chi connectivity index (χ2n) is 4.53. The molecule has 0 aliphatic carbocycles. The maximum absolute atomic E-state index is 13.1. The van der Waals surface area contributed by atoms with Crippen molar-refractivity contribution in [3.05, 3.63) is 53.8 Å². The maximum Gasteiger partial charge on any atom is 0.126 e. The van der Waals surface area contributed by atoms with Crippen molar-refractivity contribution < 1.29 is 13.9 Å². The summed E-state index contributed by atoms with van der Waals surface area (Å²) in [5.74, 6) is 1.21. The molecule has 2 rings (SSSR count). The fourth-order valence-electron chi connectivity index (χ4n) is 1.75. The predicted molar refractivity (Wildman–Crippen MR) is 77.6 cm³/mol. The van der Waals surface area contributed by atoms with Crippen LogP contribution in [0.1, 0.15) is 12.0 Å². The van der Waals surface area contributed by atoms with E-state index in [-0.39, 0.29) is 5.82 Å². The normalized spacial score (nSPS) is 10.3. The van der Waals surface area contributed by atoms with Gasteiger partial charge in [0, 0.05) is 18.2 Å². The Hall–Kier alpha value is -2.23. The van der Waals surface area contributed by atoms with Gasteiger partial charge in [0.1, 0.15) is 17.3 Å². The first kappa shape index (κ1) is 14.2. The molecule has 0 aliphatic rings. The van der Waals surface area contributed by atoms with Crippen LogP contribution in [0.2, 0.25) is 0 Å². The van der Waals surface area contributed by atoms with Gasteiger partial charge >= 0.3 is 0 Å². The van der Waals surface area contributed by atoms with Crippen molar-refractivity contribution in [1.82, 2.24) is 0 Å². The van der Waals surface area contributed by atoms with E-state index in [0.29, 0.717) is 30.2 Å². The molecule has 2 N–H and O–H groups in total. The topological polar surface area (TPSA) is 44.5 Å². The van der Waals surface area contributed by atoms with Gasteiger partial charge in [-0.05, 0) is 42.8 Å². The van der Waals surface area contributed by atoms with Crippen molar-refractivity contribution in [2.45, 2.75) is 13.3 Å². The second-order valence-corrected chi connectivity index (χ2v) is 4.53. The van der Waals surface area contributed by atoms with Crippen LogP contribution >= 0.6 is 0 Å². The van der Waals surface area contributed by atoms with Crippen LogP contribution in [0.15, 0.2) is 42.5 Å².